The zero-order valence-electron chi connectivity index (χ0n) is 11.3. The highest BCUT2D eigenvalue weighted by Gasteiger charge is 2.22. The third-order valence-electron chi connectivity index (χ3n) is 3.18. The van der Waals surface area contributed by atoms with Crippen LogP contribution in [0.4, 0.5) is 0 Å². The topological polar surface area (TPSA) is 77.5 Å². The standard InChI is InChI=1S/C13H22N2O3/c1-4-13(14,5-2)9-15-12(16)11-7-6-10(18-11)8-17-3/h6-7H,4-5,8-9,14H2,1-3H3,(H,15,16). The summed E-state index contributed by atoms with van der Waals surface area (Å²) in [6.07, 6.45) is 1.63. The van der Waals surface area contributed by atoms with Crippen molar-refractivity contribution in [3.8, 4) is 0 Å². The number of hydrogen-bond acceptors (Lipinski definition) is 4. The summed E-state index contributed by atoms with van der Waals surface area (Å²) in [5.74, 6) is 0.679. The van der Waals surface area contributed by atoms with Crippen LogP contribution in [0.1, 0.15) is 43.0 Å². The third-order valence-corrected chi connectivity index (χ3v) is 3.18. The molecule has 5 nitrogen and oxygen atoms in total. The summed E-state index contributed by atoms with van der Waals surface area (Å²) < 4.78 is 10.3. The van der Waals surface area contributed by atoms with E-state index in [1.165, 1.54) is 0 Å². The van der Waals surface area contributed by atoms with Gasteiger partial charge in [-0.1, -0.05) is 13.8 Å². The van der Waals surface area contributed by atoms with Gasteiger partial charge in [0.25, 0.3) is 5.91 Å². The molecule has 0 aliphatic carbocycles. The van der Waals surface area contributed by atoms with Gasteiger partial charge in [-0.3, -0.25) is 4.79 Å². The second kappa shape index (κ2) is 6.56. The summed E-state index contributed by atoms with van der Waals surface area (Å²) >= 11 is 0. The smallest absolute Gasteiger partial charge is 0.287 e. The van der Waals surface area contributed by atoms with Gasteiger partial charge in [-0.05, 0) is 25.0 Å². The van der Waals surface area contributed by atoms with Gasteiger partial charge in [0.2, 0.25) is 0 Å². The molecule has 0 spiro atoms. The number of nitrogens with two attached hydrogens (primary N) is 1. The number of nitrogens with one attached hydrogen (secondary N) is 1. The van der Waals surface area contributed by atoms with Crippen molar-refractivity contribution in [2.75, 3.05) is 13.7 Å². The first kappa shape index (κ1) is 14.7. The predicted molar refractivity (Wildman–Crippen MR) is 69.3 cm³/mol. The number of methoxy groups -OCH3 is 1. The van der Waals surface area contributed by atoms with Gasteiger partial charge in [-0.2, -0.15) is 0 Å². The van der Waals surface area contributed by atoms with Gasteiger partial charge >= 0.3 is 0 Å². The molecular weight excluding hydrogens is 232 g/mol. The Morgan fingerprint density at radius 3 is 2.67 bits per heavy atom. The predicted octanol–water partition coefficient (Wildman–Crippen LogP) is 1.67. The minimum absolute atomic E-state index is 0.242. The minimum atomic E-state index is -0.350. The maximum atomic E-state index is 11.8. The second-order valence-corrected chi connectivity index (χ2v) is 4.45. The number of ether oxygens (including phenoxy) is 1. The average Bonchev–Trinajstić information content (AvgIpc) is 2.85. The van der Waals surface area contributed by atoms with E-state index < -0.39 is 0 Å². The molecule has 0 atom stereocenters. The summed E-state index contributed by atoms with van der Waals surface area (Å²) in [6.45, 7) is 4.83. The number of hydrogen-bond donors (Lipinski definition) is 2. The summed E-state index contributed by atoms with van der Waals surface area (Å²) in [5, 5.41) is 2.80. The van der Waals surface area contributed by atoms with E-state index >= 15 is 0 Å². The minimum Gasteiger partial charge on any atom is -0.453 e. The van der Waals surface area contributed by atoms with Gasteiger partial charge in [-0.25, -0.2) is 0 Å². The Bertz CT molecular complexity index is 383. The van der Waals surface area contributed by atoms with Crippen molar-refractivity contribution < 1.29 is 13.9 Å². The largest absolute Gasteiger partial charge is 0.453 e. The molecule has 1 rings (SSSR count). The molecule has 1 aromatic heterocycles. The monoisotopic (exact) mass is 254 g/mol. The molecular formula is C13H22N2O3. The first-order valence-electron chi connectivity index (χ1n) is 6.19. The van der Waals surface area contributed by atoms with Crippen LogP contribution in [-0.4, -0.2) is 25.1 Å². The Kier molecular flexibility index (Phi) is 5.37. The lowest BCUT2D eigenvalue weighted by atomic mass is 9.94. The zero-order chi connectivity index (χ0) is 13.6. The maximum absolute atomic E-state index is 11.8. The normalized spacial score (nSPS) is 11.6. The van der Waals surface area contributed by atoms with Gasteiger partial charge in [0.15, 0.2) is 5.76 Å². The average molecular weight is 254 g/mol. The van der Waals surface area contributed by atoms with Crippen molar-refractivity contribution in [1.82, 2.24) is 5.32 Å². The van der Waals surface area contributed by atoms with Crippen molar-refractivity contribution in [3.05, 3.63) is 23.7 Å². The van der Waals surface area contributed by atoms with E-state index in [1.807, 2.05) is 13.8 Å². The number of carbonyl (C=O) groups is 1. The lowest BCUT2D eigenvalue weighted by Crippen LogP contribution is -2.49. The van der Waals surface area contributed by atoms with Crippen LogP contribution in [-0.2, 0) is 11.3 Å². The molecule has 1 amide bonds. The molecule has 1 aromatic rings. The molecule has 3 N–H and O–H groups in total. The lowest BCUT2D eigenvalue weighted by Gasteiger charge is -2.26. The van der Waals surface area contributed by atoms with Crippen LogP contribution < -0.4 is 11.1 Å². The van der Waals surface area contributed by atoms with Crippen molar-refractivity contribution >= 4 is 5.91 Å². The third kappa shape index (κ3) is 3.85. The molecule has 0 radical (unpaired) electrons. The highest BCUT2D eigenvalue weighted by atomic mass is 16.5. The SMILES string of the molecule is CCC(N)(CC)CNC(=O)c1ccc(COC)o1. The van der Waals surface area contributed by atoms with Gasteiger partial charge in [-0.15, -0.1) is 0 Å². The molecule has 0 bridgehead atoms. The Hall–Kier alpha value is -1.33. The molecule has 5 heteroatoms. The second-order valence-electron chi connectivity index (χ2n) is 4.45. The number of furan rings is 1. The summed E-state index contributed by atoms with van der Waals surface area (Å²) in [6, 6.07) is 3.37. The van der Waals surface area contributed by atoms with Crippen LogP contribution in [0.5, 0.6) is 0 Å². The van der Waals surface area contributed by atoms with Gasteiger partial charge in [0, 0.05) is 19.2 Å². The molecule has 102 valence electrons. The van der Waals surface area contributed by atoms with E-state index in [4.69, 9.17) is 14.9 Å². The molecule has 0 unspecified atom stereocenters. The first-order valence-corrected chi connectivity index (χ1v) is 6.19. The van der Waals surface area contributed by atoms with Crippen LogP contribution in [0.25, 0.3) is 0 Å². The molecule has 0 saturated carbocycles. The van der Waals surface area contributed by atoms with Crippen LogP contribution in [0, 0.1) is 0 Å². The van der Waals surface area contributed by atoms with Gasteiger partial charge < -0.3 is 20.2 Å². The van der Waals surface area contributed by atoms with Crippen molar-refractivity contribution in [3.63, 3.8) is 0 Å². The molecule has 0 fully saturated rings. The molecule has 0 saturated heterocycles. The van der Waals surface area contributed by atoms with Crippen LogP contribution >= 0.6 is 0 Å². The maximum Gasteiger partial charge on any atom is 0.287 e. The Labute approximate surface area is 108 Å². The van der Waals surface area contributed by atoms with E-state index in [0.29, 0.717) is 18.9 Å². The van der Waals surface area contributed by atoms with E-state index in [-0.39, 0.29) is 17.2 Å². The van der Waals surface area contributed by atoms with E-state index in [0.717, 1.165) is 12.8 Å². The van der Waals surface area contributed by atoms with Crippen LogP contribution in [0.3, 0.4) is 0 Å². The fourth-order valence-corrected chi connectivity index (χ4v) is 1.56. The van der Waals surface area contributed by atoms with E-state index in [1.54, 1.807) is 19.2 Å². The Morgan fingerprint density at radius 2 is 2.11 bits per heavy atom. The molecule has 0 aromatic carbocycles. The molecule has 0 aliphatic heterocycles. The summed E-state index contributed by atoms with van der Waals surface area (Å²) in [4.78, 5) is 11.8. The number of carbonyl (C=O) groups excluding carboxylic acids is 1. The molecule has 1 heterocycles. The van der Waals surface area contributed by atoms with Crippen LogP contribution in [0.15, 0.2) is 16.5 Å². The van der Waals surface area contributed by atoms with Crippen molar-refractivity contribution in [2.45, 2.75) is 38.8 Å². The Balaban J connectivity index is 2.54. The van der Waals surface area contributed by atoms with Gasteiger partial charge in [0.05, 0.1) is 0 Å². The quantitative estimate of drug-likeness (QED) is 0.776. The number of rotatable bonds is 7. The highest BCUT2D eigenvalue weighted by Crippen LogP contribution is 2.11. The first-order chi connectivity index (χ1) is 8.54. The molecule has 0 aliphatic rings. The Morgan fingerprint density at radius 1 is 1.44 bits per heavy atom. The van der Waals surface area contributed by atoms with Crippen LogP contribution in [0.2, 0.25) is 0 Å². The summed E-state index contributed by atoms with van der Waals surface area (Å²) in [5.41, 5.74) is 5.76. The van der Waals surface area contributed by atoms with Crippen molar-refractivity contribution in [1.29, 1.82) is 0 Å². The van der Waals surface area contributed by atoms with Gasteiger partial charge in [0.1, 0.15) is 12.4 Å². The summed E-state index contributed by atoms with van der Waals surface area (Å²) in [7, 11) is 1.58. The van der Waals surface area contributed by atoms with E-state index in [9.17, 15) is 4.79 Å². The molecule has 18 heavy (non-hydrogen) atoms. The highest BCUT2D eigenvalue weighted by molar-refractivity contribution is 5.91. The number of amides is 1. The zero-order valence-corrected chi connectivity index (χ0v) is 11.3. The fourth-order valence-electron chi connectivity index (χ4n) is 1.56. The van der Waals surface area contributed by atoms with E-state index in [2.05, 4.69) is 5.32 Å². The van der Waals surface area contributed by atoms with Crippen molar-refractivity contribution in [2.24, 2.45) is 5.73 Å². The fraction of sp³-hybridized carbons (Fsp3) is 0.615. The lowest BCUT2D eigenvalue weighted by molar-refractivity contribution is 0.0905.